The molecular formula is C38H65ClN2. The highest BCUT2D eigenvalue weighted by Crippen LogP contribution is 2.16. The van der Waals surface area contributed by atoms with Crippen LogP contribution in [0.15, 0.2) is 48.5 Å². The van der Waals surface area contributed by atoms with Crippen LogP contribution in [-0.4, -0.2) is 13.1 Å². The fourth-order valence-corrected chi connectivity index (χ4v) is 5.63. The predicted octanol–water partition coefficient (Wildman–Crippen LogP) is 12.6. The first-order valence-electron chi connectivity index (χ1n) is 17.5. The zero-order valence-electron chi connectivity index (χ0n) is 27.0. The van der Waals surface area contributed by atoms with Gasteiger partial charge in [-0.05, 0) is 61.1 Å². The maximum Gasteiger partial charge on any atom is 0.0340 e. The molecular weight excluding hydrogens is 520 g/mol. The molecule has 0 saturated heterocycles. The molecule has 2 aromatic rings. The molecule has 3 heteroatoms. The maximum absolute atomic E-state index is 3.56. The fraction of sp³-hybridized carbons (Fsp3) is 0.684. The number of benzene rings is 2. The van der Waals surface area contributed by atoms with Crippen LogP contribution in [0.1, 0.15) is 153 Å². The van der Waals surface area contributed by atoms with E-state index in [1.54, 1.807) is 0 Å². The van der Waals surface area contributed by atoms with Gasteiger partial charge in [0.25, 0.3) is 0 Å². The van der Waals surface area contributed by atoms with E-state index in [-0.39, 0.29) is 12.4 Å². The quantitative estimate of drug-likeness (QED) is 0.102. The second-order valence-corrected chi connectivity index (χ2v) is 12.1. The van der Waals surface area contributed by atoms with Gasteiger partial charge in [0.1, 0.15) is 0 Å². The van der Waals surface area contributed by atoms with E-state index in [0.717, 1.165) is 13.1 Å². The lowest BCUT2D eigenvalue weighted by Gasteiger charge is -2.10. The van der Waals surface area contributed by atoms with Gasteiger partial charge in [0.2, 0.25) is 0 Å². The summed E-state index contributed by atoms with van der Waals surface area (Å²) in [5, 5.41) is 7.12. The molecule has 41 heavy (non-hydrogen) atoms. The van der Waals surface area contributed by atoms with Gasteiger partial charge < -0.3 is 10.6 Å². The van der Waals surface area contributed by atoms with Crippen LogP contribution in [0.5, 0.6) is 0 Å². The van der Waals surface area contributed by atoms with Gasteiger partial charge in [-0.2, -0.15) is 0 Å². The molecule has 0 amide bonds. The first-order chi connectivity index (χ1) is 19.8. The standard InChI is InChI=1S/C38H64N2.ClH/c1-3-5-7-9-11-13-15-17-19-21-23-35-25-29-37(30-26-35)39-33-34-40-38-31-27-36(28-32-38)24-22-20-18-16-14-12-10-8-6-4-2;/h25-32,39-40H,3-24,33-34H2,1-2H3;1H. The lowest BCUT2D eigenvalue weighted by molar-refractivity contribution is 0.556. The van der Waals surface area contributed by atoms with Gasteiger partial charge >= 0.3 is 0 Å². The Morgan fingerprint density at radius 3 is 0.927 bits per heavy atom. The summed E-state index contributed by atoms with van der Waals surface area (Å²) in [7, 11) is 0. The number of halogens is 1. The first-order valence-corrected chi connectivity index (χ1v) is 17.5. The number of nitrogens with one attached hydrogen (secondary N) is 2. The van der Waals surface area contributed by atoms with Crippen molar-refractivity contribution in [2.75, 3.05) is 23.7 Å². The van der Waals surface area contributed by atoms with E-state index in [9.17, 15) is 0 Å². The zero-order valence-corrected chi connectivity index (χ0v) is 27.8. The number of hydrogen-bond acceptors (Lipinski definition) is 2. The first kappa shape index (κ1) is 37.4. The molecule has 0 atom stereocenters. The third-order valence-corrected chi connectivity index (χ3v) is 8.33. The SMILES string of the molecule is CCCCCCCCCCCCc1ccc(NCCNc2ccc(CCCCCCCCCCCC)cc2)cc1.Cl. The Morgan fingerprint density at radius 1 is 0.366 bits per heavy atom. The van der Waals surface area contributed by atoms with Gasteiger partial charge in [0, 0.05) is 24.5 Å². The van der Waals surface area contributed by atoms with Gasteiger partial charge in [-0.3, -0.25) is 0 Å². The minimum Gasteiger partial charge on any atom is -0.383 e. The molecule has 0 radical (unpaired) electrons. The molecule has 2 rings (SSSR count). The van der Waals surface area contributed by atoms with Crippen LogP contribution in [-0.2, 0) is 12.8 Å². The van der Waals surface area contributed by atoms with Crippen LogP contribution < -0.4 is 10.6 Å². The summed E-state index contributed by atoms with van der Waals surface area (Å²) in [6, 6.07) is 18.2. The molecule has 0 aliphatic carbocycles. The van der Waals surface area contributed by atoms with Crippen LogP contribution in [0.3, 0.4) is 0 Å². The largest absolute Gasteiger partial charge is 0.383 e. The molecule has 0 aromatic heterocycles. The van der Waals surface area contributed by atoms with E-state index in [2.05, 4.69) is 73.0 Å². The van der Waals surface area contributed by atoms with Crippen LogP contribution in [0, 0.1) is 0 Å². The minimum absolute atomic E-state index is 0. The Labute approximate surface area is 261 Å². The Hall–Kier alpha value is -1.67. The average Bonchev–Trinajstić information content (AvgIpc) is 2.98. The lowest BCUT2D eigenvalue weighted by atomic mass is 10.0. The second-order valence-electron chi connectivity index (χ2n) is 12.1. The average molecular weight is 585 g/mol. The summed E-state index contributed by atoms with van der Waals surface area (Å²) in [6.45, 7) is 6.44. The van der Waals surface area contributed by atoms with Crippen molar-refractivity contribution in [3.63, 3.8) is 0 Å². The number of unbranched alkanes of at least 4 members (excludes halogenated alkanes) is 18. The summed E-state index contributed by atoms with van der Waals surface area (Å²) < 4.78 is 0. The van der Waals surface area contributed by atoms with Crippen LogP contribution in [0.2, 0.25) is 0 Å². The van der Waals surface area contributed by atoms with Crippen molar-refractivity contribution in [2.45, 2.75) is 155 Å². The Morgan fingerprint density at radius 2 is 0.634 bits per heavy atom. The van der Waals surface area contributed by atoms with E-state index >= 15 is 0 Å². The Kier molecular flexibility index (Phi) is 24.8. The van der Waals surface area contributed by atoms with Crippen LogP contribution in [0.25, 0.3) is 0 Å². The summed E-state index contributed by atoms with van der Waals surface area (Å²) >= 11 is 0. The van der Waals surface area contributed by atoms with Crippen molar-refractivity contribution in [3.05, 3.63) is 59.7 Å². The van der Waals surface area contributed by atoms with E-state index in [1.807, 2.05) is 0 Å². The predicted molar refractivity (Wildman–Crippen MR) is 188 cm³/mol. The third kappa shape index (κ3) is 20.8. The molecule has 234 valence electrons. The Bertz CT molecular complexity index is 733. The molecule has 0 spiro atoms. The molecule has 0 heterocycles. The van der Waals surface area contributed by atoms with Gasteiger partial charge in [-0.15, -0.1) is 12.4 Å². The van der Waals surface area contributed by atoms with Gasteiger partial charge in [0.05, 0.1) is 0 Å². The van der Waals surface area contributed by atoms with Crippen molar-refractivity contribution in [2.24, 2.45) is 0 Å². The molecule has 0 aliphatic heterocycles. The topological polar surface area (TPSA) is 24.1 Å². The molecule has 0 saturated carbocycles. The maximum atomic E-state index is 3.56. The number of rotatable bonds is 27. The third-order valence-electron chi connectivity index (χ3n) is 8.33. The lowest BCUT2D eigenvalue weighted by Crippen LogP contribution is -2.13. The normalized spacial score (nSPS) is 10.9. The number of aryl methyl sites for hydroxylation is 2. The van der Waals surface area contributed by atoms with Crippen molar-refractivity contribution >= 4 is 23.8 Å². The van der Waals surface area contributed by atoms with Crippen LogP contribution >= 0.6 is 12.4 Å². The highest BCUT2D eigenvalue weighted by Gasteiger charge is 1.99. The summed E-state index contributed by atoms with van der Waals surface area (Å²) in [4.78, 5) is 0. The smallest absolute Gasteiger partial charge is 0.0340 e. The van der Waals surface area contributed by atoms with Crippen molar-refractivity contribution in [1.82, 2.24) is 0 Å². The van der Waals surface area contributed by atoms with Gasteiger partial charge in [0.15, 0.2) is 0 Å². The zero-order chi connectivity index (χ0) is 28.4. The van der Waals surface area contributed by atoms with Crippen molar-refractivity contribution in [3.8, 4) is 0 Å². The van der Waals surface area contributed by atoms with Crippen molar-refractivity contribution in [1.29, 1.82) is 0 Å². The van der Waals surface area contributed by atoms with E-state index < -0.39 is 0 Å². The molecule has 2 N–H and O–H groups in total. The molecule has 0 bridgehead atoms. The molecule has 2 aromatic carbocycles. The van der Waals surface area contributed by atoms with Crippen molar-refractivity contribution < 1.29 is 0 Å². The van der Waals surface area contributed by atoms with E-state index in [1.165, 1.54) is 164 Å². The molecule has 0 unspecified atom stereocenters. The molecule has 0 fully saturated rings. The van der Waals surface area contributed by atoms with Crippen LogP contribution in [0.4, 0.5) is 11.4 Å². The highest BCUT2D eigenvalue weighted by atomic mass is 35.5. The van der Waals surface area contributed by atoms with Gasteiger partial charge in [-0.25, -0.2) is 0 Å². The second kappa shape index (κ2) is 27.2. The van der Waals surface area contributed by atoms with Gasteiger partial charge in [-0.1, -0.05) is 154 Å². The summed E-state index contributed by atoms with van der Waals surface area (Å²) in [5.74, 6) is 0. The molecule has 2 nitrogen and oxygen atoms in total. The van der Waals surface area contributed by atoms with E-state index in [4.69, 9.17) is 0 Å². The fourth-order valence-electron chi connectivity index (χ4n) is 5.63. The number of anilines is 2. The summed E-state index contributed by atoms with van der Waals surface area (Å²) in [6.07, 6.45) is 30.5. The number of hydrogen-bond donors (Lipinski definition) is 2. The highest BCUT2D eigenvalue weighted by molar-refractivity contribution is 5.85. The summed E-state index contributed by atoms with van der Waals surface area (Å²) in [5.41, 5.74) is 5.39. The Balaban J connectivity index is 0.00000840. The van der Waals surface area contributed by atoms with E-state index in [0.29, 0.717) is 0 Å². The molecule has 0 aliphatic rings. The monoisotopic (exact) mass is 584 g/mol. The minimum atomic E-state index is 0.